The van der Waals surface area contributed by atoms with E-state index in [4.69, 9.17) is 0 Å². The van der Waals surface area contributed by atoms with Crippen molar-refractivity contribution in [1.82, 2.24) is 0 Å². The molecule has 12 heavy (non-hydrogen) atoms. The monoisotopic (exact) mass is 252 g/mol. The first-order chi connectivity index (χ1) is 4.86. The van der Waals surface area contributed by atoms with Crippen molar-refractivity contribution in [3.8, 4) is 0 Å². The molecule has 70 valence electrons. The molecule has 0 fully saturated rings. The third-order valence-electron chi connectivity index (χ3n) is 1.63. The first-order valence-electron chi connectivity index (χ1n) is 3.64. The van der Waals surface area contributed by atoms with Crippen LogP contribution >= 0.6 is 23.9 Å². The molecule has 1 aromatic carbocycles. The molecule has 0 aromatic heterocycles. The first kappa shape index (κ1) is 12.1. The maximum atomic E-state index is 13.9. The van der Waals surface area contributed by atoms with Gasteiger partial charge < -0.3 is 0 Å². The minimum absolute atomic E-state index is 0. The molecule has 0 saturated heterocycles. The predicted molar refractivity (Wildman–Crippen MR) is 62.2 cm³/mol. The Labute approximate surface area is 84.0 Å². The molecular weight excluding hydrogens is 238 g/mol. The molecule has 0 saturated carbocycles. The van der Waals surface area contributed by atoms with Crippen LogP contribution in [0.25, 0.3) is 0 Å². The molecular formula is C9H15BrFP. The van der Waals surface area contributed by atoms with Crippen LogP contribution in [0.2, 0.25) is 0 Å². The third kappa shape index (κ3) is 3.20. The normalized spacial score (nSPS) is 14.2. The number of hydrogen-bond donors (Lipinski definition) is 0. The van der Waals surface area contributed by atoms with Crippen molar-refractivity contribution in [3.05, 3.63) is 30.3 Å². The third-order valence-corrected chi connectivity index (χ3v) is 3.67. The van der Waals surface area contributed by atoms with Gasteiger partial charge in [-0.25, -0.2) is 0 Å². The summed E-state index contributed by atoms with van der Waals surface area (Å²) in [5.41, 5.74) is 0. The molecule has 0 spiro atoms. The van der Waals surface area contributed by atoms with Gasteiger partial charge in [-0.1, -0.05) is 0 Å². The van der Waals surface area contributed by atoms with E-state index in [1.165, 1.54) is 0 Å². The van der Waals surface area contributed by atoms with Crippen LogP contribution in [-0.2, 0) is 0 Å². The molecule has 0 aliphatic carbocycles. The number of benzene rings is 1. The van der Waals surface area contributed by atoms with E-state index in [1.54, 1.807) is 20.0 Å². The van der Waals surface area contributed by atoms with E-state index in [9.17, 15) is 4.20 Å². The van der Waals surface area contributed by atoms with Crippen LogP contribution in [0.3, 0.4) is 0 Å². The molecule has 3 heteroatoms. The molecule has 0 nitrogen and oxygen atoms in total. The van der Waals surface area contributed by atoms with Gasteiger partial charge >= 0.3 is 66.7 Å². The van der Waals surface area contributed by atoms with E-state index < -0.39 is 6.91 Å². The fraction of sp³-hybridized carbons (Fsp3) is 0.333. The zero-order valence-corrected chi connectivity index (χ0v) is 10.2. The van der Waals surface area contributed by atoms with Gasteiger partial charge in [0.15, 0.2) is 0 Å². The topological polar surface area (TPSA) is 0 Å². The van der Waals surface area contributed by atoms with Gasteiger partial charge in [0.2, 0.25) is 0 Å². The van der Waals surface area contributed by atoms with E-state index in [-0.39, 0.29) is 17.0 Å². The fourth-order valence-electron chi connectivity index (χ4n) is 0.932. The van der Waals surface area contributed by atoms with Crippen molar-refractivity contribution < 1.29 is 4.20 Å². The Balaban J connectivity index is 0.00000121. The van der Waals surface area contributed by atoms with Crippen molar-refractivity contribution in [2.75, 3.05) is 20.0 Å². The summed E-state index contributed by atoms with van der Waals surface area (Å²) in [7, 11) is 0. The SMILES string of the molecule is Br.CP(C)(C)(F)c1ccccc1. The summed E-state index contributed by atoms with van der Waals surface area (Å²) in [5, 5.41) is 0.846. The van der Waals surface area contributed by atoms with Crippen LogP contribution in [0.1, 0.15) is 0 Å². The van der Waals surface area contributed by atoms with E-state index in [1.807, 2.05) is 30.3 Å². The van der Waals surface area contributed by atoms with Gasteiger partial charge in [-0.15, -0.1) is 17.0 Å². The summed E-state index contributed by atoms with van der Waals surface area (Å²) in [4.78, 5) is 0. The Hall–Kier alpha value is 0.0600. The van der Waals surface area contributed by atoms with E-state index in [0.29, 0.717) is 0 Å². The summed E-state index contributed by atoms with van der Waals surface area (Å²) in [6.07, 6.45) is 0. The van der Waals surface area contributed by atoms with Gasteiger partial charge in [0.05, 0.1) is 0 Å². The van der Waals surface area contributed by atoms with Crippen LogP contribution in [-0.4, -0.2) is 20.0 Å². The van der Waals surface area contributed by atoms with Crippen molar-refractivity contribution in [1.29, 1.82) is 0 Å². The number of rotatable bonds is 1. The Bertz CT molecular complexity index is 241. The Morgan fingerprint density at radius 3 is 1.67 bits per heavy atom. The van der Waals surface area contributed by atoms with Crippen molar-refractivity contribution in [2.24, 2.45) is 0 Å². The van der Waals surface area contributed by atoms with Crippen LogP contribution in [0.4, 0.5) is 4.20 Å². The van der Waals surface area contributed by atoms with E-state index in [0.717, 1.165) is 5.30 Å². The van der Waals surface area contributed by atoms with Crippen molar-refractivity contribution in [3.63, 3.8) is 0 Å². The van der Waals surface area contributed by atoms with Crippen molar-refractivity contribution in [2.45, 2.75) is 0 Å². The molecule has 1 rings (SSSR count). The molecule has 0 radical (unpaired) electrons. The first-order valence-corrected chi connectivity index (χ1v) is 7.11. The summed E-state index contributed by atoms with van der Waals surface area (Å²) in [5.74, 6) is 0. The average Bonchev–Trinajstić information content (AvgIpc) is 1.86. The second-order valence-electron chi connectivity index (χ2n) is 3.94. The standard InChI is InChI=1S/C9H14FP.BrH/c1-11(2,3,10)9-7-5-4-6-8-9;/h4-8H,1-3H3;1H. The molecule has 0 N–H and O–H groups in total. The van der Waals surface area contributed by atoms with Gasteiger partial charge in [-0.05, 0) is 0 Å². The molecule has 0 bridgehead atoms. The molecule has 0 heterocycles. The van der Waals surface area contributed by atoms with E-state index in [2.05, 4.69) is 0 Å². The van der Waals surface area contributed by atoms with E-state index >= 15 is 0 Å². The van der Waals surface area contributed by atoms with Gasteiger partial charge in [-0.3, -0.25) is 0 Å². The average molecular weight is 253 g/mol. The molecule has 0 aliphatic heterocycles. The van der Waals surface area contributed by atoms with Gasteiger partial charge in [0.1, 0.15) is 0 Å². The predicted octanol–water partition coefficient (Wildman–Crippen LogP) is 3.22. The molecule has 1 aromatic rings. The summed E-state index contributed by atoms with van der Waals surface area (Å²) in [6.45, 7) is 2.14. The van der Waals surface area contributed by atoms with Crippen LogP contribution in [0.15, 0.2) is 30.3 Å². The summed E-state index contributed by atoms with van der Waals surface area (Å²) < 4.78 is 13.9. The molecule has 0 aliphatic rings. The molecule has 0 unspecified atom stereocenters. The Kier molecular flexibility index (Phi) is 3.45. The fourth-order valence-corrected chi connectivity index (χ4v) is 2.11. The van der Waals surface area contributed by atoms with Gasteiger partial charge in [-0.2, -0.15) is 0 Å². The number of halogens is 2. The zero-order valence-electron chi connectivity index (χ0n) is 7.62. The van der Waals surface area contributed by atoms with Crippen LogP contribution in [0, 0.1) is 0 Å². The molecule has 0 atom stereocenters. The Morgan fingerprint density at radius 2 is 1.42 bits per heavy atom. The molecule has 0 amide bonds. The van der Waals surface area contributed by atoms with Crippen molar-refractivity contribution >= 4 is 29.2 Å². The van der Waals surface area contributed by atoms with Crippen LogP contribution < -0.4 is 5.30 Å². The second kappa shape index (κ2) is 3.43. The maximum absolute atomic E-state index is 13.9. The van der Waals surface area contributed by atoms with Gasteiger partial charge in [0, 0.05) is 0 Å². The Morgan fingerprint density at radius 1 is 1.00 bits per heavy atom. The second-order valence-corrected chi connectivity index (χ2v) is 9.66. The summed E-state index contributed by atoms with van der Waals surface area (Å²) >= 11 is 0. The minimum atomic E-state index is -2.99. The zero-order chi connectivity index (χ0) is 8.56. The number of hydrogen-bond acceptors (Lipinski definition) is 0. The quantitative estimate of drug-likeness (QED) is 0.674. The van der Waals surface area contributed by atoms with Gasteiger partial charge in [0.25, 0.3) is 0 Å². The van der Waals surface area contributed by atoms with Crippen LogP contribution in [0.5, 0.6) is 0 Å². The summed E-state index contributed by atoms with van der Waals surface area (Å²) in [6, 6.07) is 9.39.